The lowest BCUT2D eigenvalue weighted by atomic mass is 9.67. The van der Waals surface area contributed by atoms with Crippen LogP contribution in [0.1, 0.15) is 105 Å². The first-order valence-electron chi connectivity index (χ1n) is 16.3. The Morgan fingerprint density at radius 1 is 1.07 bits per heavy atom. The summed E-state index contributed by atoms with van der Waals surface area (Å²) in [7, 11) is -5.85. The Morgan fingerprint density at radius 3 is 2.24 bits per heavy atom. The van der Waals surface area contributed by atoms with Gasteiger partial charge in [0.05, 0.1) is 23.4 Å². The summed E-state index contributed by atoms with van der Waals surface area (Å²) < 4.78 is 79.9. The van der Waals surface area contributed by atoms with E-state index in [2.05, 4.69) is 11.7 Å². The topological polar surface area (TPSA) is 160 Å². The number of hydrogen-bond donors (Lipinski definition) is 1. The van der Waals surface area contributed by atoms with Crippen molar-refractivity contribution in [2.75, 3.05) is 13.2 Å². The van der Waals surface area contributed by atoms with Crippen LogP contribution < -0.4 is 0 Å². The summed E-state index contributed by atoms with van der Waals surface area (Å²) in [6.45, 7) is 6.38. The van der Waals surface area contributed by atoms with Crippen molar-refractivity contribution in [3.8, 4) is 0 Å². The molecule has 1 saturated heterocycles. The molecule has 7 unspecified atom stereocenters. The van der Waals surface area contributed by atoms with Crippen molar-refractivity contribution in [3.05, 3.63) is 0 Å². The summed E-state index contributed by atoms with van der Waals surface area (Å²) in [4.78, 5) is 53.2. The van der Waals surface area contributed by atoms with Crippen molar-refractivity contribution >= 4 is 34.0 Å². The molecule has 46 heavy (non-hydrogen) atoms. The van der Waals surface area contributed by atoms with Gasteiger partial charge in [-0.1, -0.05) is 6.92 Å². The molecular weight excluding hydrogens is 630 g/mol. The minimum absolute atomic E-state index is 0.0585. The zero-order valence-corrected chi connectivity index (χ0v) is 28.2. The van der Waals surface area contributed by atoms with Crippen molar-refractivity contribution in [2.45, 2.75) is 122 Å². The molecule has 0 aromatic rings. The van der Waals surface area contributed by atoms with Gasteiger partial charge in [-0.05, 0) is 116 Å². The second-order valence-corrected chi connectivity index (χ2v) is 16.8. The smallest absolute Gasteiger partial charge is 0.402 e. The van der Waals surface area contributed by atoms with E-state index in [1.165, 1.54) is 20.8 Å². The van der Waals surface area contributed by atoms with Gasteiger partial charge in [-0.2, -0.15) is 17.2 Å². The number of carbonyl (C=O) groups is 4. The molecule has 0 amide bonds. The monoisotopic (exact) mass is 678 g/mol. The lowest BCUT2D eigenvalue weighted by Gasteiger charge is -2.39. The van der Waals surface area contributed by atoms with Crippen LogP contribution in [-0.4, -0.2) is 67.0 Å². The Kier molecular flexibility index (Phi) is 10.5. The predicted octanol–water partition coefficient (Wildman–Crippen LogP) is 5.25. The van der Waals surface area contributed by atoms with Crippen LogP contribution in [0, 0.1) is 40.4 Å². The molecule has 7 atom stereocenters. The molecule has 262 valence electrons. The van der Waals surface area contributed by atoms with Gasteiger partial charge in [0, 0.05) is 6.42 Å². The van der Waals surface area contributed by atoms with Gasteiger partial charge in [0.2, 0.25) is 6.10 Å². The number of alkyl halides is 2. The number of carbonyl (C=O) groups excluding carboxylic acids is 4. The van der Waals surface area contributed by atoms with Crippen molar-refractivity contribution < 1.29 is 59.9 Å². The third-order valence-electron chi connectivity index (χ3n) is 10.9. The molecule has 0 radical (unpaired) electrons. The van der Waals surface area contributed by atoms with Crippen molar-refractivity contribution in [3.63, 3.8) is 0 Å². The van der Waals surface area contributed by atoms with Gasteiger partial charge in [-0.25, -0.2) is 4.79 Å². The fourth-order valence-electron chi connectivity index (χ4n) is 8.34. The third-order valence-corrected chi connectivity index (χ3v) is 11.8. The first kappa shape index (κ1) is 36.5. The molecule has 1 heterocycles. The van der Waals surface area contributed by atoms with E-state index in [4.69, 9.17) is 18.8 Å². The molecular formula is C32H48F2O11S. The van der Waals surface area contributed by atoms with Gasteiger partial charge in [0.15, 0.2) is 6.61 Å². The van der Waals surface area contributed by atoms with Gasteiger partial charge in [-0.15, -0.1) is 0 Å². The maximum atomic E-state index is 14.0. The van der Waals surface area contributed by atoms with E-state index < -0.39 is 74.3 Å². The van der Waals surface area contributed by atoms with Gasteiger partial charge in [0.25, 0.3) is 0 Å². The van der Waals surface area contributed by atoms with Crippen LogP contribution in [0.3, 0.4) is 0 Å². The number of esters is 4. The Morgan fingerprint density at radius 2 is 1.70 bits per heavy atom. The zero-order chi connectivity index (χ0) is 34.3. The standard InChI is InChI=1S/C32H48F2O11S/c1-19-20-8-9-21(14-20)23(19)15-22(25(35)45-31(5)11-6-7-12-31)16-30(4,28(38)44-24-10-13-42-26(24)36)17-29(2,3)27(37)43-18-32(33,34)46(39,40)41/h19-24H,6-18H2,1-5H3,(H,39,40,41). The summed E-state index contributed by atoms with van der Waals surface area (Å²) in [6, 6.07) is 0. The highest BCUT2D eigenvalue weighted by Gasteiger charge is 2.52. The summed E-state index contributed by atoms with van der Waals surface area (Å²) in [5, 5.41) is -4.74. The average molecular weight is 679 g/mol. The molecule has 2 bridgehead atoms. The van der Waals surface area contributed by atoms with Crippen LogP contribution in [-0.2, 0) is 48.2 Å². The SMILES string of the molecule is CC1C2CCC(C2)C1CC(CC(C)(CC(C)(C)C(=O)OCC(F)(F)S(=O)(=O)O)C(=O)OC1CCOC1=O)C(=O)OC1(C)CCCC1. The molecule has 14 heteroatoms. The molecule has 4 fully saturated rings. The lowest BCUT2D eigenvalue weighted by Crippen LogP contribution is -2.44. The lowest BCUT2D eigenvalue weighted by molar-refractivity contribution is -0.176. The van der Waals surface area contributed by atoms with Crippen LogP contribution in [0.2, 0.25) is 0 Å². The van der Waals surface area contributed by atoms with Crippen molar-refractivity contribution in [2.24, 2.45) is 40.4 Å². The van der Waals surface area contributed by atoms with Crippen LogP contribution >= 0.6 is 0 Å². The number of hydrogen-bond acceptors (Lipinski definition) is 10. The quantitative estimate of drug-likeness (QED) is 0.145. The molecule has 1 aliphatic heterocycles. The average Bonchev–Trinajstić information content (AvgIpc) is 3.74. The first-order chi connectivity index (χ1) is 21.2. The second-order valence-electron chi connectivity index (χ2n) is 15.2. The highest BCUT2D eigenvalue weighted by molar-refractivity contribution is 7.86. The molecule has 1 N–H and O–H groups in total. The van der Waals surface area contributed by atoms with E-state index in [9.17, 15) is 36.4 Å². The fourth-order valence-corrected chi connectivity index (χ4v) is 8.55. The molecule has 4 rings (SSSR count). The molecule has 0 spiro atoms. The molecule has 11 nitrogen and oxygen atoms in total. The Bertz CT molecular complexity index is 1290. The summed E-state index contributed by atoms with van der Waals surface area (Å²) in [5.41, 5.74) is -3.93. The largest absolute Gasteiger partial charge is 0.463 e. The fraction of sp³-hybridized carbons (Fsp3) is 0.875. The zero-order valence-electron chi connectivity index (χ0n) is 27.4. The van der Waals surface area contributed by atoms with Gasteiger partial charge >= 0.3 is 39.2 Å². The Hall–Kier alpha value is -2.35. The van der Waals surface area contributed by atoms with E-state index in [1.807, 2.05) is 6.92 Å². The van der Waals surface area contributed by atoms with E-state index >= 15 is 0 Å². The molecule has 0 aromatic heterocycles. The Balaban J connectivity index is 1.62. The van der Waals surface area contributed by atoms with Crippen LogP contribution in [0.5, 0.6) is 0 Å². The molecule has 4 aliphatic rings. The summed E-state index contributed by atoms with van der Waals surface area (Å²) in [6.07, 6.45) is 5.51. The molecule has 3 aliphatic carbocycles. The number of halogens is 2. The Labute approximate surface area is 269 Å². The van der Waals surface area contributed by atoms with E-state index in [-0.39, 0.29) is 31.8 Å². The normalized spacial score (nSPS) is 29.6. The van der Waals surface area contributed by atoms with Gasteiger partial charge < -0.3 is 18.9 Å². The summed E-state index contributed by atoms with van der Waals surface area (Å²) >= 11 is 0. The maximum absolute atomic E-state index is 14.0. The number of rotatable bonds is 14. The highest BCUT2D eigenvalue weighted by Crippen LogP contribution is 2.55. The predicted molar refractivity (Wildman–Crippen MR) is 159 cm³/mol. The molecule has 3 saturated carbocycles. The van der Waals surface area contributed by atoms with Gasteiger partial charge in [0.1, 0.15) is 5.60 Å². The number of cyclic esters (lactones) is 1. The number of ether oxygens (including phenoxy) is 4. The maximum Gasteiger partial charge on any atom is 0.402 e. The van der Waals surface area contributed by atoms with Crippen LogP contribution in [0.15, 0.2) is 0 Å². The van der Waals surface area contributed by atoms with Crippen molar-refractivity contribution in [1.82, 2.24) is 0 Å². The third kappa shape index (κ3) is 8.02. The second kappa shape index (κ2) is 13.3. The van der Waals surface area contributed by atoms with Crippen molar-refractivity contribution in [1.29, 1.82) is 0 Å². The van der Waals surface area contributed by atoms with Crippen LogP contribution in [0.4, 0.5) is 8.78 Å². The minimum atomic E-state index is -5.85. The molecule has 0 aromatic carbocycles. The van der Waals surface area contributed by atoms with Gasteiger partial charge in [-0.3, -0.25) is 18.9 Å². The first-order valence-corrected chi connectivity index (χ1v) is 17.7. The summed E-state index contributed by atoms with van der Waals surface area (Å²) in [5.74, 6) is -2.46. The van der Waals surface area contributed by atoms with E-state index in [0.717, 1.165) is 32.1 Å². The van der Waals surface area contributed by atoms with E-state index in [0.29, 0.717) is 37.0 Å². The number of fused-ring (bicyclic) bond motifs is 2. The highest BCUT2D eigenvalue weighted by atomic mass is 32.2. The van der Waals surface area contributed by atoms with E-state index in [1.54, 1.807) is 0 Å². The van der Waals surface area contributed by atoms with Crippen LogP contribution in [0.25, 0.3) is 0 Å². The minimum Gasteiger partial charge on any atom is -0.463 e.